The van der Waals surface area contributed by atoms with E-state index >= 15 is 0 Å². The molecule has 7 atom stereocenters. The summed E-state index contributed by atoms with van der Waals surface area (Å²) >= 11 is 0. The van der Waals surface area contributed by atoms with Gasteiger partial charge in [0.1, 0.15) is 0 Å². The van der Waals surface area contributed by atoms with Crippen molar-refractivity contribution in [1.82, 2.24) is 0 Å². The number of fused-ring (bicyclic) bond motifs is 1. The number of rotatable bonds is 2. The fourth-order valence-corrected chi connectivity index (χ4v) is 9.50. The van der Waals surface area contributed by atoms with Crippen LogP contribution in [0.3, 0.4) is 0 Å². The van der Waals surface area contributed by atoms with Crippen LogP contribution in [-0.2, 0) is 4.74 Å². The summed E-state index contributed by atoms with van der Waals surface area (Å²) in [7, 11) is -1.62. The Bertz CT molecular complexity index is 543. The zero-order valence-electron chi connectivity index (χ0n) is 12.7. The smallest absolute Gasteiger partial charge is 0.0867 e. The first-order valence-electron chi connectivity index (χ1n) is 7.83. The molecule has 1 heterocycles. The molecule has 0 spiro atoms. The standard InChI is InChI=1S/C17H24O2Si/c1-10-14-13-16(15(19-14)11(2)17(10,13)18)20(3,4)12-8-6-5-7-9-12/h5-11,13-16,18H,1-4H3. The quantitative estimate of drug-likeness (QED) is 0.847. The summed E-state index contributed by atoms with van der Waals surface area (Å²) in [5, 5.41) is 12.6. The molecule has 3 fully saturated rings. The number of benzene rings is 1. The van der Waals surface area contributed by atoms with Crippen LogP contribution in [0, 0.1) is 17.8 Å². The van der Waals surface area contributed by atoms with E-state index in [2.05, 4.69) is 57.3 Å². The Morgan fingerprint density at radius 2 is 1.65 bits per heavy atom. The molecule has 108 valence electrons. The number of ether oxygens (including phenoxy) is 1. The van der Waals surface area contributed by atoms with E-state index < -0.39 is 13.7 Å². The molecule has 0 radical (unpaired) electrons. The number of hydrogen-bond donors (Lipinski definition) is 1. The topological polar surface area (TPSA) is 29.5 Å². The molecule has 1 N–H and O–H groups in total. The molecule has 1 aliphatic heterocycles. The van der Waals surface area contributed by atoms with Crippen molar-refractivity contribution in [2.24, 2.45) is 17.8 Å². The predicted molar refractivity (Wildman–Crippen MR) is 82.7 cm³/mol. The highest BCUT2D eigenvalue weighted by atomic mass is 28.3. The molecule has 4 rings (SSSR count). The molecule has 7 unspecified atom stereocenters. The molecule has 20 heavy (non-hydrogen) atoms. The molecule has 1 aromatic carbocycles. The van der Waals surface area contributed by atoms with Crippen LogP contribution in [-0.4, -0.2) is 31.0 Å². The molecule has 2 saturated carbocycles. The maximum absolute atomic E-state index is 11.1. The Morgan fingerprint density at radius 1 is 1.05 bits per heavy atom. The summed E-state index contributed by atoms with van der Waals surface area (Å²) in [6.45, 7) is 9.26. The highest BCUT2D eigenvalue weighted by Gasteiger charge is 2.79. The molecule has 2 bridgehead atoms. The Morgan fingerprint density at radius 3 is 2.25 bits per heavy atom. The van der Waals surface area contributed by atoms with Gasteiger partial charge in [-0.1, -0.05) is 62.5 Å². The molecular weight excluding hydrogens is 264 g/mol. The van der Waals surface area contributed by atoms with Crippen molar-refractivity contribution in [1.29, 1.82) is 0 Å². The first kappa shape index (κ1) is 13.1. The molecule has 2 aliphatic carbocycles. The maximum Gasteiger partial charge on any atom is 0.0867 e. The molecule has 3 aliphatic rings. The highest BCUT2D eigenvalue weighted by molar-refractivity contribution is 6.91. The van der Waals surface area contributed by atoms with E-state index in [1.165, 1.54) is 5.19 Å². The Kier molecular flexibility index (Phi) is 2.45. The lowest BCUT2D eigenvalue weighted by atomic mass is 9.57. The van der Waals surface area contributed by atoms with Crippen molar-refractivity contribution in [3.05, 3.63) is 30.3 Å². The average molecular weight is 288 g/mol. The van der Waals surface area contributed by atoms with Gasteiger partial charge in [0.25, 0.3) is 0 Å². The van der Waals surface area contributed by atoms with E-state index in [1.807, 2.05) is 0 Å². The first-order chi connectivity index (χ1) is 9.40. The van der Waals surface area contributed by atoms with Gasteiger partial charge in [-0.2, -0.15) is 0 Å². The minimum Gasteiger partial charge on any atom is -0.389 e. The van der Waals surface area contributed by atoms with Gasteiger partial charge in [0.2, 0.25) is 0 Å². The van der Waals surface area contributed by atoms with Crippen LogP contribution in [0.2, 0.25) is 18.6 Å². The van der Waals surface area contributed by atoms with Crippen LogP contribution in [0.25, 0.3) is 0 Å². The van der Waals surface area contributed by atoms with E-state index in [0.717, 1.165) is 0 Å². The van der Waals surface area contributed by atoms with Crippen LogP contribution in [0.1, 0.15) is 13.8 Å². The third-order valence-electron chi connectivity index (χ3n) is 6.74. The van der Waals surface area contributed by atoms with Crippen molar-refractivity contribution < 1.29 is 9.84 Å². The first-order valence-corrected chi connectivity index (χ1v) is 10.9. The zero-order valence-corrected chi connectivity index (χ0v) is 13.7. The Labute approximate surface area is 122 Å². The van der Waals surface area contributed by atoms with Gasteiger partial charge < -0.3 is 9.84 Å². The molecular formula is C17H24O2Si. The largest absolute Gasteiger partial charge is 0.389 e. The number of aliphatic hydroxyl groups is 1. The summed E-state index contributed by atoms with van der Waals surface area (Å²) in [5.41, 5.74) is 0.100. The highest BCUT2D eigenvalue weighted by Crippen LogP contribution is 2.71. The molecule has 2 nitrogen and oxygen atoms in total. The van der Waals surface area contributed by atoms with Gasteiger partial charge in [0.05, 0.1) is 25.9 Å². The Balaban J connectivity index is 1.75. The van der Waals surface area contributed by atoms with Gasteiger partial charge in [0.15, 0.2) is 0 Å². The molecule has 1 saturated heterocycles. The van der Waals surface area contributed by atoms with Gasteiger partial charge in [-0.25, -0.2) is 0 Å². The number of hydrogen-bond acceptors (Lipinski definition) is 2. The summed E-state index contributed by atoms with van der Waals surface area (Å²) in [4.78, 5) is 0. The molecule has 0 amide bonds. The lowest BCUT2D eigenvalue weighted by molar-refractivity contribution is -0.277. The van der Waals surface area contributed by atoms with Gasteiger partial charge >= 0.3 is 0 Å². The van der Waals surface area contributed by atoms with Crippen LogP contribution < -0.4 is 5.19 Å². The van der Waals surface area contributed by atoms with Crippen LogP contribution in [0.15, 0.2) is 30.3 Å². The molecule has 1 aromatic rings. The third-order valence-corrected chi connectivity index (χ3v) is 10.9. The zero-order chi connectivity index (χ0) is 14.3. The van der Waals surface area contributed by atoms with Crippen LogP contribution in [0.5, 0.6) is 0 Å². The summed E-state index contributed by atoms with van der Waals surface area (Å²) in [6, 6.07) is 10.9. The monoisotopic (exact) mass is 288 g/mol. The predicted octanol–water partition coefficient (Wildman–Crippen LogP) is 2.39. The second-order valence-electron chi connectivity index (χ2n) is 7.67. The maximum atomic E-state index is 11.1. The fraction of sp³-hybridized carbons (Fsp3) is 0.647. The minimum absolute atomic E-state index is 0.271. The van der Waals surface area contributed by atoms with Crippen LogP contribution >= 0.6 is 0 Å². The van der Waals surface area contributed by atoms with Gasteiger partial charge in [-0.15, -0.1) is 0 Å². The summed E-state index contributed by atoms with van der Waals surface area (Å²) < 4.78 is 6.31. The van der Waals surface area contributed by atoms with Crippen molar-refractivity contribution in [2.45, 2.75) is 50.3 Å². The average Bonchev–Trinajstić information content (AvgIpc) is 2.91. The third kappa shape index (κ3) is 1.23. The SMILES string of the molecule is CC1C2OC3C(C)C1(O)C2C3[Si](C)(C)c1ccccc1. The van der Waals surface area contributed by atoms with Crippen molar-refractivity contribution in [3.8, 4) is 0 Å². The minimum atomic E-state index is -1.62. The van der Waals surface area contributed by atoms with Crippen molar-refractivity contribution in [2.75, 3.05) is 0 Å². The van der Waals surface area contributed by atoms with E-state index in [4.69, 9.17) is 4.74 Å². The van der Waals surface area contributed by atoms with Crippen LogP contribution in [0.4, 0.5) is 0 Å². The van der Waals surface area contributed by atoms with E-state index in [1.54, 1.807) is 0 Å². The lowest BCUT2D eigenvalue weighted by Crippen LogP contribution is -2.68. The van der Waals surface area contributed by atoms with E-state index in [-0.39, 0.29) is 12.0 Å². The lowest BCUT2D eigenvalue weighted by Gasteiger charge is -2.58. The van der Waals surface area contributed by atoms with Gasteiger partial charge in [0, 0.05) is 17.8 Å². The van der Waals surface area contributed by atoms with E-state index in [0.29, 0.717) is 23.5 Å². The normalized spacial score (nSPS) is 49.2. The summed E-state index contributed by atoms with van der Waals surface area (Å²) in [5.74, 6) is 0.969. The summed E-state index contributed by atoms with van der Waals surface area (Å²) in [6.07, 6.45) is 0.578. The molecule has 3 heteroatoms. The Hall–Kier alpha value is -0.643. The van der Waals surface area contributed by atoms with Crippen molar-refractivity contribution in [3.63, 3.8) is 0 Å². The second-order valence-corrected chi connectivity index (χ2v) is 12.4. The van der Waals surface area contributed by atoms with Gasteiger partial charge in [-0.05, 0) is 5.54 Å². The molecule has 0 aromatic heterocycles. The van der Waals surface area contributed by atoms with Crippen molar-refractivity contribution >= 4 is 13.3 Å². The van der Waals surface area contributed by atoms with Gasteiger partial charge in [-0.3, -0.25) is 0 Å². The fourth-order valence-electron chi connectivity index (χ4n) is 5.52. The second kappa shape index (κ2) is 3.76. The van der Waals surface area contributed by atoms with E-state index in [9.17, 15) is 5.11 Å².